The van der Waals surface area contributed by atoms with Gasteiger partial charge in [-0.15, -0.1) is 0 Å². The monoisotopic (exact) mass is 290 g/mol. The van der Waals surface area contributed by atoms with Crippen molar-refractivity contribution in [1.82, 2.24) is 5.32 Å². The second-order valence-electron chi connectivity index (χ2n) is 5.90. The fraction of sp³-hybridized carbons (Fsp3) is 0.500. The smallest absolute Gasteiger partial charge is 0.305 e. The molecule has 1 amide bonds. The molecular formula is C16H22N2O3. The Morgan fingerprint density at radius 3 is 2.76 bits per heavy atom. The van der Waals surface area contributed by atoms with Crippen molar-refractivity contribution in [3.63, 3.8) is 0 Å². The number of hydrogen-bond donors (Lipinski definition) is 3. The van der Waals surface area contributed by atoms with E-state index in [0.717, 1.165) is 11.3 Å². The molecule has 0 radical (unpaired) electrons. The number of fused-ring (bicyclic) bond motifs is 1. The molecule has 1 aromatic carbocycles. The summed E-state index contributed by atoms with van der Waals surface area (Å²) in [5.74, 6) is -1.03. The van der Waals surface area contributed by atoms with Crippen LogP contribution in [0, 0.1) is 11.8 Å². The Kier molecular flexibility index (Phi) is 4.83. The number of hydrogen-bond acceptors (Lipinski definition) is 3. The number of para-hydroxylation sites is 1. The van der Waals surface area contributed by atoms with Crippen molar-refractivity contribution in [2.24, 2.45) is 11.8 Å². The Morgan fingerprint density at radius 1 is 1.38 bits per heavy atom. The lowest BCUT2D eigenvalue weighted by Gasteiger charge is -2.28. The third-order valence-electron chi connectivity index (χ3n) is 3.92. The average Bonchev–Trinajstić information content (AvgIpc) is 2.45. The minimum atomic E-state index is -0.888. The number of rotatable bonds is 5. The Hall–Kier alpha value is -2.04. The number of aliphatic carboxylic acids is 1. The first-order valence-electron chi connectivity index (χ1n) is 7.31. The van der Waals surface area contributed by atoms with Gasteiger partial charge in [0, 0.05) is 18.3 Å². The van der Waals surface area contributed by atoms with Crippen LogP contribution in [0.25, 0.3) is 0 Å². The molecule has 0 aliphatic carbocycles. The SMILES string of the molecule is CC(C)C(CC(=O)O)NC(=O)C1CNc2ccccc2C1. The predicted octanol–water partition coefficient (Wildman–Crippen LogP) is 1.89. The topological polar surface area (TPSA) is 78.4 Å². The fourth-order valence-corrected chi connectivity index (χ4v) is 2.57. The van der Waals surface area contributed by atoms with Gasteiger partial charge in [-0.1, -0.05) is 32.0 Å². The molecule has 1 aromatic rings. The number of carboxylic acid groups (broad SMARTS) is 1. The molecule has 2 unspecified atom stereocenters. The number of benzene rings is 1. The van der Waals surface area contributed by atoms with Crippen LogP contribution in [0.4, 0.5) is 5.69 Å². The Balaban J connectivity index is 1.99. The van der Waals surface area contributed by atoms with Gasteiger partial charge in [-0.05, 0) is 24.0 Å². The lowest BCUT2D eigenvalue weighted by Crippen LogP contribution is -2.46. The third kappa shape index (κ3) is 3.97. The molecule has 0 bridgehead atoms. The molecule has 114 valence electrons. The van der Waals surface area contributed by atoms with Crippen molar-refractivity contribution >= 4 is 17.6 Å². The third-order valence-corrected chi connectivity index (χ3v) is 3.92. The fourth-order valence-electron chi connectivity index (χ4n) is 2.57. The maximum Gasteiger partial charge on any atom is 0.305 e. The summed E-state index contributed by atoms with van der Waals surface area (Å²) < 4.78 is 0. The summed E-state index contributed by atoms with van der Waals surface area (Å²) in [4.78, 5) is 23.2. The second kappa shape index (κ2) is 6.61. The molecule has 0 fully saturated rings. The van der Waals surface area contributed by atoms with E-state index in [0.29, 0.717) is 13.0 Å². The van der Waals surface area contributed by atoms with E-state index < -0.39 is 5.97 Å². The van der Waals surface area contributed by atoms with Crippen LogP contribution < -0.4 is 10.6 Å². The summed E-state index contributed by atoms with van der Waals surface area (Å²) >= 11 is 0. The summed E-state index contributed by atoms with van der Waals surface area (Å²) in [7, 11) is 0. The molecule has 1 aliphatic rings. The molecular weight excluding hydrogens is 268 g/mol. The Labute approximate surface area is 124 Å². The molecule has 5 heteroatoms. The highest BCUT2D eigenvalue weighted by molar-refractivity contribution is 5.81. The standard InChI is InChI=1S/C16H22N2O3/c1-10(2)14(8-15(19)20)18-16(21)12-7-11-5-3-4-6-13(11)17-9-12/h3-6,10,12,14,17H,7-9H2,1-2H3,(H,18,21)(H,19,20). The van der Waals surface area contributed by atoms with E-state index >= 15 is 0 Å². The zero-order chi connectivity index (χ0) is 15.4. The van der Waals surface area contributed by atoms with E-state index in [1.54, 1.807) is 0 Å². The molecule has 0 saturated heterocycles. The van der Waals surface area contributed by atoms with Gasteiger partial charge >= 0.3 is 5.97 Å². The molecule has 0 spiro atoms. The summed E-state index contributed by atoms with van der Waals surface area (Å²) in [5, 5.41) is 15.1. The van der Waals surface area contributed by atoms with Crippen LogP contribution in [0.2, 0.25) is 0 Å². The lowest BCUT2D eigenvalue weighted by molar-refractivity contribution is -0.138. The first-order valence-corrected chi connectivity index (χ1v) is 7.31. The number of carbonyl (C=O) groups is 2. The molecule has 2 rings (SSSR count). The molecule has 0 aromatic heterocycles. The largest absolute Gasteiger partial charge is 0.481 e. The minimum Gasteiger partial charge on any atom is -0.481 e. The van der Waals surface area contributed by atoms with Gasteiger partial charge in [0.2, 0.25) is 5.91 Å². The number of anilines is 1. The van der Waals surface area contributed by atoms with Crippen LogP contribution in [0.3, 0.4) is 0 Å². The summed E-state index contributed by atoms with van der Waals surface area (Å²) in [6, 6.07) is 7.62. The van der Waals surface area contributed by atoms with Gasteiger partial charge in [0.15, 0.2) is 0 Å². The number of carboxylic acids is 1. The molecule has 1 aliphatic heterocycles. The van der Waals surface area contributed by atoms with Crippen molar-refractivity contribution in [3.05, 3.63) is 29.8 Å². The van der Waals surface area contributed by atoms with Crippen molar-refractivity contribution in [2.45, 2.75) is 32.7 Å². The van der Waals surface area contributed by atoms with Gasteiger partial charge < -0.3 is 15.7 Å². The highest BCUT2D eigenvalue weighted by Gasteiger charge is 2.27. The van der Waals surface area contributed by atoms with Crippen LogP contribution in [0.15, 0.2) is 24.3 Å². The summed E-state index contributed by atoms with van der Waals surface area (Å²) in [5.41, 5.74) is 2.20. The van der Waals surface area contributed by atoms with Crippen LogP contribution in [0.1, 0.15) is 25.8 Å². The van der Waals surface area contributed by atoms with Crippen molar-refractivity contribution in [1.29, 1.82) is 0 Å². The molecule has 0 saturated carbocycles. The number of carbonyl (C=O) groups excluding carboxylic acids is 1. The molecule has 1 heterocycles. The van der Waals surface area contributed by atoms with Gasteiger partial charge in [0.1, 0.15) is 0 Å². The van der Waals surface area contributed by atoms with Gasteiger partial charge in [0.25, 0.3) is 0 Å². The Morgan fingerprint density at radius 2 is 2.10 bits per heavy atom. The zero-order valence-electron chi connectivity index (χ0n) is 12.4. The van der Waals surface area contributed by atoms with Crippen LogP contribution in [0.5, 0.6) is 0 Å². The first kappa shape index (κ1) is 15.4. The maximum atomic E-state index is 12.4. The van der Waals surface area contributed by atoms with Gasteiger partial charge in [-0.3, -0.25) is 9.59 Å². The number of nitrogens with one attached hydrogen (secondary N) is 2. The van der Waals surface area contributed by atoms with Crippen LogP contribution in [-0.4, -0.2) is 29.6 Å². The summed E-state index contributed by atoms with van der Waals surface area (Å²) in [6.45, 7) is 4.42. The molecule has 21 heavy (non-hydrogen) atoms. The van der Waals surface area contributed by atoms with Crippen molar-refractivity contribution in [2.75, 3.05) is 11.9 Å². The van der Waals surface area contributed by atoms with Crippen LogP contribution >= 0.6 is 0 Å². The molecule has 3 N–H and O–H groups in total. The van der Waals surface area contributed by atoms with Gasteiger partial charge in [-0.2, -0.15) is 0 Å². The van der Waals surface area contributed by atoms with Crippen LogP contribution in [-0.2, 0) is 16.0 Å². The Bertz CT molecular complexity index is 528. The van der Waals surface area contributed by atoms with Crippen molar-refractivity contribution < 1.29 is 14.7 Å². The van der Waals surface area contributed by atoms with Gasteiger partial charge in [-0.25, -0.2) is 0 Å². The second-order valence-corrected chi connectivity index (χ2v) is 5.90. The summed E-state index contributed by atoms with van der Waals surface area (Å²) in [6.07, 6.45) is 0.646. The average molecular weight is 290 g/mol. The molecule has 2 atom stereocenters. The van der Waals surface area contributed by atoms with E-state index in [1.165, 1.54) is 0 Å². The maximum absolute atomic E-state index is 12.4. The highest BCUT2D eigenvalue weighted by Crippen LogP contribution is 2.24. The normalized spacial score (nSPS) is 18.5. The highest BCUT2D eigenvalue weighted by atomic mass is 16.4. The van der Waals surface area contributed by atoms with E-state index in [9.17, 15) is 9.59 Å². The zero-order valence-corrected chi connectivity index (χ0v) is 12.4. The quantitative estimate of drug-likeness (QED) is 0.774. The van der Waals surface area contributed by atoms with E-state index in [1.807, 2.05) is 38.1 Å². The first-order chi connectivity index (χ1) is 9.97. The number of amides is 1. The van der Waals surface area contributed by atoms with E-state index in [4.69, 9.17) is 5.11 Å². The van der Waals surface area contributed by atoms with Gasteiger partial charge in [0.05, 0.1) is 12.3 Å². The van der Waals surface area contributed by atoms with E-state index in [2.05, 4.69) is 10.6 Å². The lowest BCUT2D eigenvalue weighted by atomic mass is 9.92. The molecule has 5 nitrogen and oxygen atoms in total. The van der Waals surface area contributed by atoms with Crippen molar-refractivity contribution in [3.8, 4) is 0 Å². The predicted molar refractivity (Wildman–Crippen MR) is 81.1 cm³/mol. The minimum absolute atomic E-state index is 0.0415. The van der Waals surface area contributed by atoms with E-state index in [-0.39, 0.29) is 30.2 Å².